The maximum atomic E-state index is 11.5. The average molecular weight is 230 g/mol. The summed E-state index contributed by atoms with van der Waals surface area (Å²) in [6.07, 6.45) is 3.86. The molecule has 4 nitrogen and oxygen atoms in total. The minimum atomic E-state index is -0.362. The summed E-state index contributed by atoms with van der Waals surface area (Å²) in [4.78, 5) is 11.5. The van der Waals surface area contributed by atoms with Crippen LogP contribution in [0.25, 0.3) is 0 Å². The smallest absolute Gasteiger partial charge is 0.236 e. The minimum absolute atomic E-state index is 0.0274. The number of carbonyl (C=O) groups is 1. The highest BCUT2D eigenvalue weighted by Gasteiger charge is 2.13. The quantitative estimate of drug-likeness (QED) is 0.587. The van der Waals surface area contributed by atoms with Crippen molar-refractivity contribution in [1.82, 2.24) is 5.32 Å². The highest BCUT2D eigenvalue weighted by Crippen LogP contribution is 2.02. The SMILES string of the molecule is COCCCCCNC(=O)[C@H](N)CC(C)C. The van der Waals surface area contributed by atoms with Crippen molar-refractivity contribution in [3.63, 3.8) is 0 Å². The van der Waals surface area contributed by atoms with E-state index in [1.165, 1.54) is 0 Å². The maximum absolute atomic E-state index is 11.5. The van der Waals surface area contributed by atoms with Crippen molar-refractivity contribution >= 4 is 5.91 Å². The molecule has 0 saturated carbocycles. The van der Waals surface area contributed by atoms with Gasteiger partial charge in [-0.3, -0.25) is 4.79 Å². The second kappa shape index (κ2) is 9.60. The number of unbranched alkanes of at least 4 members (excludes halogenated alkanes) is 2. The summed E-state index contributed by atoms with van der Waals surface area (Å²) >= 11 is 0. The van der Waals surface area contributed by atoms with E-state index in [4.69, 9.17) is 10.5 Å². The van der Waals surface area contributed by atoms with Gasteiger partial charge in [-0.15, -0.1) is 0 Å². The lowest BCUT2D eigenvalue weighted by atomic mass is 10.0. The molecule has 0 unspecified atom stereocenters. The van der Waals surface area contributed by atoms with Crippen LogP contribution in [0.15, 0.2) is 0 Å². The van der Waals surface area contributed by atoms with Crippen LogP contribution in [-0.2, 0) is 9.53 Å². The number of carbonyl (C=O) groups excluding carboxylic acids is 1. The Labute approximate surface area is 98.9 Å². The molecule has 96 valence electrons. The summed E-state index contributed by atoms with van der Waals surface area (Å²) in [5.74, 6) is 0.433. The molecule has 0 aliphatic heterocycles. The van der Waals surface area contributed by atoms with E-state index in [9.17, 15) is 4.79 Å². The molecule has 0 aromatic heterocycles. The van der Waals surface area contributed by atoms with Gasteiger partial charge in [0.2, 0.25) is 5.91 Å². The highest BCUT2D eigenvalue weighted by atomic mass is 16.5. The largest absolute Gasteiger partial charge is 0.385 e. The molecule has 0 aliphatic carbocycles. The number of ether oxygens (including phenoxy) is 1. The zero-order valence-corrected chi connectivity index (χ0v) is 10.8. The molecule has 16 heavy (non-hydrogen) atoms. The zero-order chi connectivity index (χ0) is 12.4. The van der Waals surface area contributed by atoms with Gasteiger partial charge < -0.3 is 15.8 Å². The number of nitrogens with one attached hydrogen (secondary N) is 1. The Kier molecular flexibility index (Phi) is 9.24. The number of hydrogen-bond donors (Lipinski definition) is 2. The molecule has 4 heteroatoms. The van der Waals surface area contributed by atoms with Crippen molar-refractivity contribution in [2.24, 2.45) is 11.7 Å². The van der Waals surface area contributed by atoms with Crippen LogP contribution in [0, 0.1) is 5.92 Å². The fraction of sp³-hybridized carbons (Fsp3) is 0.917. The molecule has 0 aliphatic rings. The van der Waals surface area contributed by atoms with Crippen molar-refractivity contribution in [3.8, 4) is 0 Å². The molecular weight excluding hydrogens is 204 g/mol. The van der Waals surface area contributed by atoms with E-state index in [0.29, 0.717) is 12.5 Å². The van der Waals surface area contributed by atoms with E-state index in [0.717, 1.165) is 32.3 Å². The molecule has 0 spiro atoms. The molecule has 1 atom stereocenters. The molecule has 0 fully saturated rings. The van der Waals surface area contributed by atoms with Gasteiger partial charge in [0.1, 0.15) is 0 Å². The third-order valence-corrected chi connectivity index (χ3v) is 2.39. The third kappa shape index (κ3) is 8.68. The molecule has 0 saturated heterocycles. The fourth-order valence-electron chi connectivity index (χ4n) is 1.51. The summed E-state index contributed by atoms with van der Waals surface area (Å²) in [6.45, 7) is 5.64. The maximum Gasteiger partial charge on any atom is 0.236 e. The summed E-state index contributed by atoms with van der Waals surface area (Å²) in [7, 11) is 1.70. The Bertz CT molecular complexity index is 184. The van der Waals surface area contributed by atoms with Crippen LogP contribution in [0.5, 0.6) is 0 Å². The van der Waals surface area contributed by atoms with Crippen molar-refractivity contribution in [3.05, 3.63) is 0 Å². The van der Waals surface area contributed by atoms with Crippen LogP contribution < -0.4 is 11.1 Å². The van der Waals surface area contributed by atoms with E-state index < -0.39 is 0 Å². The van der Waals surface area contributed by atoms with Gasteiger partial charge in [0.25, 0.3) is 0 Å². The zero-order valence-electron chi connectivity index (χ0n) is 10.8. The lowest BCUT2D eigenvalue weighted by molar-refractivity contribution is -0.122. The lowest BCUT2D eigenvalue weighted by Crippen LogP contribution is -2.41. The van der Waals surface area contributed by atoms with E-state index >= 15 is 0 Å². The summed E-state index contributed by atoms with van der Waals surface area (Å²) in [5, 5.41) is 2.86. The molecule has 3 N–H and O–H groups in total. The van der Waals surface area contributed by atoms with Crippen LogP contribution in [0.2, 0.25) is 0 Å². The van der Waals surface area contributed by atoms with Crippen molar-refractivity contribution in [2.75, 3.05) is 20.3 Å². The van der Waals surface area contributed by atoms with Gasteiger partial charge in [0, 0.05) is 20.3 Å². The van der Waals surface area contributed by atoms with Crippen molar-refractivity contribution < 1.29 is 9.53 Å². The topological polar surface area (TPSA) is 64.3 Å². The first kappa shape index (κ1) is 15.4. The summed E-state index contributed by atoms with van der Waals surface area (Å²) in [5.41, 5.74) is 5.75. The summed E-state index contributed by atoms with van der Waals surface area (Å²) < 4.78 is 4.94. The monoisotopic (exact) mass is 230 g/mol. The molecule has 0 aromatic carbocycles. The van der Waals surface area contributed by atoms with Crippen LogP contribution in [0.1, 0.15) is 39.5 Å². The molecular formula is C12H26N2O2. The Hall–Kier alpha value is -0.610. The predicted octanol–water partition coefficient (Wildman–Crippen LogP) is 1.29. The Morgan fingerprint density at radius 3 is 2.56 bits per heavy atom. The summed E-state index contributed by atoms with van der Waals surface area (Å²) in [6, 6.07) is -0.362. The van der Waals surface area contributed by atoms with Crippen LogP contribution >= 0.6 is 0 Å². The van der Waals surface area contributed by atoms with Gasteiger partial charge in [-0.05, 0) is 31.6 Å². The van der Waals surface area contributed by atoms with Crippen LogP contribution in [-0.4, -0.2) is 32.2 Å². The molecule has 1 amide bonds. The second-order valence-corrected chi connectivity index (χ2v) is 4.58. The molecule has 0 bridgehead atoms. The standard InChI is InChI=1S/C12H26N2O2/c1-10(2)9-11(13)12(15)14-7-5-4-6-8-16-3/h10-11H,4-9,13H2,1-3H3,(H,14,15)/t11-/m1/s1. The van der Waals surface area contributed by atoms with E-state index in [-0.39, 0.29) is 11.9 Å². The van der Waals surface area contributed by atoms with Crippen LogP contribution in [0.4, 0.5) is 0 Å². The van der Waals surface area contributed by atoms with Gasteiger partial charge in [0.15, 0.2) is 0 Å². The minimum Gasteiger partial charge on any atom is -0.385 e. The first-order chi connectivity index (χ1) is 7.57. The van der Waals surface area contributed by atoms with E-state index in [1.807, 2.05) is 0 Å². The van der Waals surface area contributed by atoms with Crippen molar-refractivity contribution in [2.45, 2.75) is 45.6 Å². The number of methoxy groups -OCH3 is 1. The van der Waals surface area contributed by atoms with Gasteiger partial charge >= 0.3 is 0 Å². The van der Waals surface area contributed by atoms with Crippen LogP contribution in [0.3, 0.4) is 0 Å². The molecule has 0 radical (unpaired) electrons. The second-order valence-electron chi connectivity index (χ2n) is 4.58. The average Bonchev–Trinajstić information content (AvgIpc) is 2.21. The van der Waals surface area contributed by atoms with Crippen molar-refractivity contribution in [1.29, 1.82) is 0 Å². The molecule has 0 aromatic rings. The van der Waals surface area contributed by atoms with Gasteiger partial charge in [-0.2, -0.15) is 0 Å². The predicted molar refractivity (Wildman–Crippen MR) is 66.2 cm³/mol. The Balaban J connectivity index is 3.42. The normalized spacial score (nSPS) is 12.8. The number of nitrogens with two attached hydrogens (primary N) is 1. The molecule has 0 rings (SSSR count). The first-order valence-corrected chi connectivity index (χ1v) is 6.10. The first-order valence-electron chi connectivity index (χ1n) is 6.10. The number of rotatable bonds is 9. The van der Waals surface area contributed by atoms with Gasteiger partial charge in [-0.1, -0.05) is 13.8 Å². The van der Waals surface area contributed by atoms with Gasteiger partial charge in [-0.25, -0.2) is 0 Å². The van der Waals surface area contributed by atoms with E-state index in [2.05, 4.69) is 19.2 Å². The highest BCUT2D eigenvalue weighted by molar-refractivity contribution is 5.81. The van der Waals surface area contributed by atoms with Gasteiger partial charge in [0.05, 0.1) is 6.04 Å². The lowest BCUT2D eigenvalue weighted by Gasteiger charge is -2.13. The molecule has 0 heterocycles. The Morgan fingerprint density at radius 1 is 1.31 bits per heavy atom. The fourth-order valence-corrected chi connectivity index (χ4v) is 1.51. The van der Waals surface area contributed by atoms with E-state index in [1.54, 1.807) is 7.11 Å². The Morgan fingerprint density at radius 2 is 2.00 bits per heavy atom. The number of amides is 1. The number of hydrogen-bond acceptors (Lipinski definition) is 3. The third-order valence-electron chi connectivity index (χ3n) is 2.39.